The van der Waals surface area contributed by atoms with Crippen LogP contribution in [0.25, 0.3) is 0 Å². The first kappa shape index (κ1) is 22.7. The minimum atomic E-state index is -3.82. The molecule has 0 unspecified atom stereocenters. The van der Waals surface area contributed by atoms with Gasteiger partial charge in [-0.2, -0.15) is 0 Å². The summed E-state index contributed by atoms with van der Waals surface area (Å²) in [4.78, 5) is 16.1. The summed E-state index contributed by atoms with van der Waals surface area (Å²) in [7, 11) is -0.756. The molecule has 9 heteroatoms. The van der Waals surface area contributed by atoms with Gasteiger partial charge in [-0.25, -0.2) is 13.2 Å². The Morgan fingerprint density at radius 2 is 1.74 bits per heavy atom. The van der Waals surface area contributed by atoms with Crippen molar-refractivity contribution in [3.63, 3.8) is 0 Å². The van der Waals surface area contributed by atoms with E-state index in [-0.39, 0.29) is 10.9 Å². The number of hydrogen-bond acceptors (Lipinski definition) is 5. The van der Waals surface area contributed by atoms with Gasteiger partial charge in [-0.3, -0.25) is 9.62 Å². The van der Waals surface area contributed by atoms with Crippen molar-refractivity contribution in [1.82, 2.24) is 4.90 Å². The summed E-state index contributed by atoms with van der Waals surface area (Å²) >= 11 is 0. The number of anilines is 2. The Morgan fingerprint density at radius 1 is 1.03 bits per heavy atom. The summed E-state index contributed by atoms with van der Waals surface area (Å²) in [5, 5.41) is 0. The van der Waals surface area contributed by atoms with Crippen molar-refractivity contribution in [3.05, 3.63) is 42.0 Å². The van der Waals surface area contributed by atoms with Crippen molar-refractivity contribution in [2.45, 2.75) is 31.6 Å². The van der Waals surface area contributed by atoms with Crippen LogP contribution in [-0.2, 0) is 16.4 Å². The van der Waals surface area contributed by atoms with Gasteiger partial charge in [0, 0.05) is 31.4 Å². The van der Waals surface area contributed by atoms with Crippen LogP contribution in [0, 0.1) is 0 Å². The van der Waals surface area contributed by atoms with E-state index in [1.165, 1.54) is 19.2 Å². The predicted octanol–water partition coefficient (Wildman–Crippen LogP) is 3.72. The highest BCUT2D eigenvalue weighted by Crippen LogP contribution is 2.35. The predicted molar refractivity (Wildman–Crippen MR) is 121 cm³/mol. The Morgan fingerprint density at radius 3 is 2.32 bits per heavy atom. The van der Waals surface area contributed by atoms with E-state index < -0.39 is 10.0 Å². The van der Waals surface area contributed by atoms with Crippen LogP contribution in [0.3, 0.4) is 0 Å². The van der Waals surface area contributed by atoms with E-state index in [9.17, 15) is 13.2 Å². The van der Waals surface area contributed by atoms with Crippen LogP contribution < -0.4 is 19.1 Å². The van der Waals surface area contributed by atoms with Crippen molar-refractivity contribution in [1.29, 1.82) is 0 Å². The number of aryl methyl sites for hydroxylation is 1. The van der Waals surface area contributed by atoms with Crippen molar-refractivity contribution in [2.24, 2.45) is 0 Å². The number of ether oxygens (including phenoxy) is 2. The highest BCUT2D eigenvalue weighted by molar-refractivity contribution is 7.92. The number of methoxy groups -OCH3 is 2. The van der Waals surface area contributed by atoms with Gasteiger partial charge in [-0.15, -0.1) is 0 Å². The van der Waals surface area contributed by atoms with Crippen LogP contribution in [0.15, 0.2) is 41.3 Å². The molecule has 0 saturated carbocycles. The van der Waals surface area contributed by atoms with Gasteiger partial charge in [0.15, 0.2) is 11.5 Å². The molecule has 3 rings (SSSR count). The van der Waals surface area contributed by atoms with Gasteiger partial charge in [-0.05, 0) is 48.7 Å². The van der Waals surface area contributed by atoms with E-state index in [0.29, 0.717) is 42.4 Å². The molecular formula is C22H29N3O5S. The Bertz CT molecular complexity index is 1010. The molecule has 0 radical (unpaired) electrons. The van der Waals surface area contributed by atoms with Crippen molar-refractivity contribution >= 4 is 27.4 Å². The molecule has 31 heavy (non-hydrogen) atoms. The standard InChI is InChI=1S/C22H29N3O5S/c1-5-11-24-12-13-25(22(24)26)18-7-9-19(10-8-18)31(27,28)23-17-14-16(6-2)21(30-4)20(15-17)29-3/h7-10,14-15,23H,5-6,11-13H2,1-4H3. The van der Waals surface area contributed by atoms with Crippen molar-refractivity contribution < 1.29 is 22.7 Å². The molecule has 2 aromatic carbocycles. The minimum Gasteiger partial charge on any atom is -0.493 e. The van der Waals surface area contributed by atoms with Gasteiger partial charge < -0.3 is 14.4 Å². The second-order valence-corrected chi connectivity index (χ2v) is 8.93. The molecule has 0 aromatic heterocycles. The van der Waals surface area contributed by atoms with Crippen LogP contribution in [0.1, 0.15) is 25.8 Å². The molecule has 1 N–H and O–H groups in total. The van der Waals surface area contributed by atoms with E-state index in [0.717, 1.165) is 18.5 Å². The molecule has 2 aromatic rings. The van der Waals surface area contributed by atoms with E-state index in [1.807, 2.05) is 13.8 Å². The number of amides is 2. The first-order valence-corrected chi connectivity index (χ1v) is 11.8. The molecule has 0 atom stereocenters. The highest BCUT2D eigenvalue weighted by Gasteiger charge is 2.29. The molecule has 0 bridgehead atoms. The van der Waals surface area contributed by atoms with Crippen molar-refractivity contribution in [2.75, 3.05) is 43.5 Å². The fraction of sp³-hybridized carbons (Fsp3) is 0.409. The first-order chi connectivity index (χ1) is 14.8. The van der Waals surface area contributed by atoms with Gasteiger partial charge >= 0.3 is 6.03 Å². The molecule has 8 nitrogen and oxygen atoms in total. The zero-order chi connectivity index (χ0) is 22.6. The highest BCUT2D eigenvalue weighted by atomic mass is 32.2. The SMILES string of the molecule is CCCN1CCN(c2ccc(S(=O)(=O)Nc3cc(CC)c(OC)c(OC)c3)cc2)C1=O. The summed E-state index contributed by atoms with van der Waals surface area (Å²) in [6.45, 7) is 5.97. The van der Waals surface area contributed by atoms with Gasteiger partial charge in [-0.1, -0.05) is 13.8 Å². The van der Waals surface area contributed by atoms with E-state index in [2.05, 4.69) is 4.72 Å². The Balaban J connectivity index is 1.81. The maximum Gasteiger partial charge on any atom is 0.324 e. The number of rotatable bonds is 9. The third-order valence-electron chi connectivity index (χ3n) is 5.24. The second kappa shape index (κ2) is 9.47. The lowest BCUT2D eigenvalue weighted by molar-refractivity contribution is 0.220. The number of sulfonamides is 1. The van der Waals surface area contributed by atoms with Gasteiger partial charge in [0.2, 0.25) is 0 Å². The molecule has 2 amide bonds. The fourth-order valence-electron chi connectivity index (χ4n) is 3.68. The third-order valence-corrected chi connectivity index (χ3v) is 6.63. The maximum absolute atomic E-state index is 12.9. The molecule has 1 aliphatic rings. The lowest BCUT2D eigenvalue weighted by Crippen LogP contribution is -2.32. The van der Waals surface area contributed by atoms with Gasteiger partial charge in [0.25, 0.3) is 10.0 Å². The number of hydrogen-bond donors (Lipinski definition) is 1. The molecule has 1 fully saturated rings. The van der Waals surface area contributed by atoms with Gasteiger partial charge in [0.05, 0.1) is 24.8 Å². The smallest absolute Gasteiger partial charge is 0.324 e. The summed E-state index contributed by atoms with van der Waals surface area (Å²) in [6, 6.07) is 9.62. The third kappa shape index (κ3) is 4.71. The van der Waals surface area contributed by atoms with Crippen LogP contribution in [-0.4, -0.2) is 53.2 Å². The minimum absolute atomic E-state index is 0.0481. The molecule has 1 aliphatic heterocycles. The molecular weight excluding hydrogens is 418 g/mol. The van der Waals surface area contributed by atoms with Crippen LogP contribution in [0.4, 0.5) is 16.2 Å². The lowest BCUT2D eigenvalue weighted by Gasteiger charge is -2.18. The monoisotopic (exact) mass is 447 g/mol. The second-order valence-electron chi connectivity index (χ2n) is 7.25. The number of nitrogens with one attached hydrogen (secondary N) is 1. The zero-order valence-electron chi connectivity index (χ0n) is 18.3. The lowest BCUT2D eigenvalue weighted by atomic mass is 10.1. The van der Waals surface area contributed by atoms with Crippen molar-refractivity contribution in [3.8, 4) is 11.5 Å². The molecule has 1 heterocycles. The summed E-state index contributed by atoms with van der Waals surface area (Å²) in [5.41, 5.74) is 1.91. The number of nitrogens with zero attached hydrogens (tertiary/aromatic N) is 2. The Labute approximate surface area is 183 Å². The molecule has 0 spiro atoms. The number of urea groups is 1. The summed E-state index contributed by atoms with van der Waals surface area (Å²) in [5.74, 6) is 1.05. The zero-order valence-corrected chi connectivity index (χ0v) is 19.2. The van der Waals surface area contributed by atoms with Crippen LogP contribution >= 0.6 is 0 Å². The largest absolute Gasteiger partial charge is 0.493 e. The number of carbonyl (C=O) groups excluding carboxylic acids is 1. The Kier molecular flexibility index (Phi) is 6.94. The van der Waals surface area contributed by atoms with Crippen LogP contribution in [0.5, 0.6) is 11.5 Å². The Hall–Kier alpha value is -2.94. The van der Waals surface area contributed by atoms with Gasteiger partial charge in [0.1, 0.15) is 0 Å². The van der Waals surface area contributed by atoms with E-state index in [4.69, 9.17) is 9.47 Å². The normalized spacial score (nSPS) is 14.1. The average molecular weight is 448 g/mol. The molecule has 0 aliphatic carbocycles. The topological polar surface area (TPSA) is 88.2 Å². The quantitative estimate of drug-likeness (QED) is 0.633. The fourth-order valence-corrected chi connectivity index (χ4v) is 4.72. The number of benzene rings is 2. The van der Waals surface area contributed by atoms with Crippen LogP contribution in [0.2, 0.25) is 0 Å². The van der Waals surface area contributed by atoms with E-state index in [1.54, 1.807) is 41.2 Å². The molecule has 1 saturated heterocycles. The first-order valence-electron chi connectivity index (χ1n) is 10.3. The molecule has 168 valence electrons. The average Bonchev–Trinajstić information content (AvgIpc) is 3.13. The van der Waals surface area contributed by atoms with E-state index >= 15 is 0 Å². The summed E-state index contributed by atoms with van der Waals surface area (Å²) < 4.78 is 39.2. The number of carbonyl (C=O) groups is 1. The summed E-state index contributed by atoms with van der Waals surface area (Å²) in [6.07, 6.45) is 1.56. The maximum atomic E-state index is 12.9.